The maximum absolute atomic E-state index is 13.8. The third-order valence-corrected chi connectivity index (χ3v) is 8.81. The maximum atomic E-state index is 13.8. The highest BCUT2D eigenvalue weighted by molar-refractivity contribution is 7.85. The second-order valence-electron chi connectivity index (χ2n) is 9.43. The number of pyridine rings is 1. The van der Waals surface area contributed by atoms with Crippen molar-refractivity contribution >= 4 is 45.7 Å². The first kappa shape index (κ1) is 25.3. The van der Waals surface area contributed by atoms with Crippen molar-refractivity contribution in [2.75, 3.05) is 36.0 Å². The molecule has 1 atom stereocenters. The first-order valence-corrected chi connectivity index (χ1v) is 14.2. The van der Waals surface area contributed by atoms with Crippen LogP contribution >= 0.6 is 11.6 Å². The van der Waals surface area contributed by atoms with Crippen molar-refractivity contribution in [1.82, 2.24) is 9.88 Å². The molecule has 7 nitrogen and oxygen atoms in total. The minimum atomic E-state index is -1.58. The van der Waals surface area contributed by atoms with E-state index in [-0.39, 0.29) is 18.4 Å². The van der Waals surface area contributed by atoms with Crippen LogP contribution in [0.1, 0.15) is 26.3 Å². The zero-order valence-electron chi connectivity index (χ0n) is 21.0. The molecule has 2 aliphatic rings. The van der Waals surface area contributed by atoms with Crippen molar-refractivity contribution in [1.29, 1.82) is 0 Å². The van der Waals surface area contributed by atoms with Crippen molar-refractivity contribution in [2.45, 2.75) is 16.3 Å². The van der Waals surface area contributed by atoms with E-state index in [1.54, 1.807) is 65.7 Å². The van der Waals surface area contributed by atoms with E-state index in [4.69, 9.17) is 11.6 Å². The standard InChI is InChI=1S/C30H25ClN4O3S/c31-23-11-8-21(9-12-23)20-35-25-19-22(10-13-27(25)39(38)26-6-2-1-5-24(26)30(35)37)29(36)34-17-15-33(16-18-34)28-7-3-4-14-32-28/h1-14,19H,15-18,20H2/t39-/m1/s1. The molecule has 0 unspecified atom stereocenters. The number of nitrogens with zero attached hydrogens (tertiary/aromatic N) is 4. The predicted octanol–water partition coefficient (Wildman–Crippen LogP) is 5.02. The zero-order chi connectivity index (χ0) is 26.9. The summed E-state index contributed by atoms with van der Waals surface area (Å²) >= 11 is 6.08. The molecule has 0 spiro atoms. The molecule has 0 bridgehead atoms. The summed E-state index contributed by atoms with van der Waals surface area (Å²) < 4.78 is 13.7. The Kier molecular flexibility index (Phi) is 6.89. The van der Waals surface area contributed by atoms with E-state index in [0.717, 1.165) is 11.4 Å². The Morgan fingerprint density at radius 1 is 0.872 bits per heavy atom. The van der Waals surface area contributed by atoms with E-state index in [1.807, 2.05) is 35.2 Å². The first-order chi connectivity index (χ1) is 19.0. The predicted molar refractivity (Wildman–Crippen MR) is 152 cm³/mol. The van der Waals surface area contributed by atoms with Crippen LogP contribution < -0.4 is 9.80 Å². The molecule has 2 aliphatic heterocycles. The summed E-state index contributed by atoms with van der Waals surface area (Å²) in [5, 5.41) is 0.601. The van der Waals surface area contributed by atoms with Gasteiger partial charge < -0.3 is 14.7 Å². The van der Waals surface area contributed by atoms with Gasteiger partial charge in [-0.25, -0.2) is 9.19 Å². The van der Waals surface area contributed by atoms with Gasteiger partial charge in [-0.2, -0.15) is 0 Å². The van der Waals surface area contributed by atoms with E-state index < -0.39 is 10.8 Å². The largest absolute Gasteiger partial charge is 0.353 e. The van der Waals surface area contributed by atoms with Gasteiger partial charge in [0, 0.05) is 43.0 Å². The molecule has 3 heterocycles. The summed E-state index contributed by atoms with van der Waals surface area (Å²) in [7, 11) is -1.58. The second-order valence-corrected chi connectivity index (χ2v) is 11.3. The van der Waals surface area contributed by atoms with Gasteiger partial charge in [-0.15, -0.1) is 0 Å². The summed E-state index contributed by atoms with van der Waals surface area (Å²) in [5.41, 5.74) is 2.19. The summed E-state index contributed by atoms with van der Waals surface area (Å²) in [6.45, 7) is 2.70. The lowest BCUT2D eigenvalue weighted by Crippen LogP contribution is -2.49. The van der Waals surface area contributed by atoms with Crippen molar-refractivity contribution < 1.29 is 13.8 Å². The van der Waals surface area contributed by atoms with Crippen LogP contribution in [0.2, 0.25) is 5.02 Å². The molecule has 0 N–H and O–H groups in total. The molecule has 39 heavy (non-hydrogen) atoms. The SMILES string of the molecule is O=C(c1ccc2c(c1)N(Cc1ccc(Cl)cc1)C(=O)c1ccccc1[S@]2=O)N1CCN(c2ccccn2)CC1. The van der Waals surface area contributed by atoms with Crippen LogP contribution in [0.3, 0.4) is 0 Å². The van der Waals surface area contributed by atoms with Crippen molar-refractivity contribution in [2.24, 2.45) is 0 Å². The van der Waals surface area contributed by atoms with Crippen molar-refractivity contribution in [3.63, 3.8) is 0 Å². The number of hydrogen-bond donors (Lipinski definition) is 0. The lowest BCUT2D eigenvalue weighted by atomic mass is 10.1. The molecule has 0 radical (unpaired) electrons. The van der Waals surface area contributed by atoms with Gasteiger partial charge in [-0.3, -0.25) is 9.59 Å². The molecular formula is C30H25ClN4O3S. The number of carbonyl (C=O) groups is 2. The molecule has 1 aromatic heterocycles. The van der Waals surface area contributed by atoms with E-state index in [0.29, 0.717) is 57.8 Å². The van der Waals surface area contributed by atoms with Crippen LogP contribution in [-0.2, 0) is 17.3 Å². The molecule has 2 amide bonds. The zero-order valence-corrected chi connectivity index (χ0v) is 22.6. The number of halogens is 1. The molecule has 0 aliphatic carbocycles. The van der Waals surface area contributed by atoms with Crippen molar-refractivity contribution in [3.8, 4) is 0 Å². The minimum absolute atomic E-state index is 0.120. The Morgan fingerprint density at radius 2 is 1.62 bits per heavy atom. The fraction of sp³-hybridized carbons (Fsp3) is 0.167. The fourth-order valence-electron chi connectivity index (χ4n) is 4.99. The summed E-state index contributed by atoms with van der Waals surface area (Å²) in [5.74, 6) is 0.513. The van der Waals surface area contributed by atoms with Crippen LogP contribution in [-0.4, -0.2) is 52.1 Å². The molecule has 9 heteroatoms. The van der Waals surface area contributed by atoms with E-state index in [1.165, 1.54) is 0 Å². The molecule has 3 aromatic carbocycles. The van der Waals surface area contributed by atoms with Crippen LogP contribution in [0.15, 0.2) is 101 Å². The summed E-state index contributed by atoms with van der Waals surface area (Å²) in [4.78, 5) is 38.4. The number of amides is 2. The monoisotopic (exact) mass is 556 g/mol. The summed E-state index contributed by atoms with van der Waals surface area (Å²) in [6.07, 6.45) is 1.77. The lowest BCUT2D eigenvalue weighted by Gasteiger charge is -2.35. The number of benzene rings is 3. The highest BCUT2D eigenvalue weighted by Gasteiger charge is 2.32. The Balaban J connectivity index is 1.33. The van der Waals surface area contributed by atoms with E-state index in [2.05, 4.69) is 9.88 Å². The lowest BCUT2D eigenvalue weighted by molar-refractivity contribution is 0.0746. The number of piperazine rings is 1. The van der Waals surface area contributed by atoms with E-state index in [9.17, 15) is 13.8 Å². The van der Waals surface area contributed by atoms with Gasteiger partial charge in [0.2, 0.25) is 0 Å². The van der Waals surface area contributed by atoms with Gasteiger partial charge in [-0.05, 0) is 60.2 Å². The van der Waals surface area contributed by atoms with Gasteiger partial charge in [0.1, 0.15) is 5.82 Å². The number of rotatable bonds is 4. The normalized spacial score (nSPS) is 16.9. The topological polar surface area (TPSA) is 73.8 Å². The Bertz CT molecular complexity index is 1570. The van der Waals surface area contributed by atoms with Gasteiger partial charge in [0.15, 0.2) is 0 Å². The average Bonchev–Trinajstić information content (AvgIpc) is 3.07. The van der Waals surface area contributed by atoms with Gasteiger partial charge in [-0.1, -0.05) is 41.9 Å². The molecular weight excluding hydrogens is 532 g/mol. The number of fused-ring (bicyclic) bond motifs is 2. The van der Waals surface area contributed by atoms with Crippen molar-refractivity contribution in [3.05, 3.63) is 113 Å². The second kappa shape index (κ2) is 10.6. The van der Waals surface area contributed by atoms with Gasteiger partial charge in [0.25, 0.3) is 11.8 Å². The Labute approximate surface area is 234 Å². The number of anilines is 2. The quantitative estimate of drug-likeness (QED) is 0.353. The molecule has 196 valence electrons. The molecule has 0 saturated carbocycles. The van der Waals surface area contributed by atoms with Crippen LogP contribution in [0, 0.1) is 0 Å². The third-order valence-electron chi connectivity index (χ3n) is 7.05. The van der Waals surface area contributed by atoms with E-state index >= 15 is 0 Å². The van der Waals surface area contributed by atoms with Gasteiger partial charge in [0.05, 0.1) is 38.4 Å². The maximum Gasteiger partial charge on any atom is 0.259 e. The Hall–Kier alpha value is -4.01. The van der Waals surface area contributed by atoms with Crippen LogP contribution in [0.25, 0.3) is 0 Å². The molecule has 6 rings (SSSR count). The highest BCUT2D eigenvalue weighted by Crippen LogP contribution is 2.36. The number of carbonyl (C=O) groups excluding carboxylic acids is 2. The molecule has 1 saturated heterocycles. The minimum Gasteiger partial charge on any atom is -0.353 e. The fourth-order valence-corrected chi connectivity index (χ4v) is 6.46. The number of aromatic nitrogens is 1. The average molecular weight is 557 g/mol. The molecule has 4 aromatic rings. The van der Waals surface area contributed by atoms with Crippen LogP contribution in [0.5, 0.6) is 0 Å². The highest BCUT2D eigenvalue weighted by atomic mass is 35.5. The first-order valence-electron chi connectivity index (χ1n) is 12.7. The summed E-state index contributed by atoms with van der Waals surface area (Å²) in [6, 6.07) is 25.2. The Morgan fingerprint density at radius 3 is 2.36 bits per heavy atom. The third kappa shape index (κ3) is 4.93. The smallest absolute Gasteiger partial charge is 0.259 e. The van der Waals surface area contributed by atoms with Gasteiger partial charge >= 0.3 is 0 Å². The number of hydrogen-bond acceptors (Lipinski definition) is 5. The molecule has 1 fully saturated rings. The van der Waals surface area contributed by atoms with Crippen LogP contribution in [0.4, 0.5) is 11.5 Å².